The van der Waals surface area contributed by atoms with Gasteiger partial charge in [-0.3, -0.25) is 0 Å². The Morgan fingerprint density at radius 2 is 2.05 bits per heavy atom. The summed E-state index contributed by atoms with van der Waals surface area (Å²) in [6, 6.07) is 0.766. The molecule has 0 saturated heterocycles. The maximum Gasteiger partial charge on any atom is 0.252 e. The highest BCUT2D eigenvalue weighted by atomic mass is 79.9. The van der Waals surface area contributed by atoms with Crippen LogP contribution in [0.1, 0.15) is 0 Å². The number of halogens is 5. The summed E-state index contributed by atoms with van der Waals surface area (Å²) in [5, 5.41) is 8.59. The van der Waals surface area contributed by atoms with Gasteiger partial charge in [0.15, 0.2) is 5.82 Å². The number of alkyl halides is 2. The second-order valence-electron chi connectivity index (χ2n) is 3.88. The second-order valence-corrected chi connectivity index (χ2v) is 6.98. The lowest BCUT2D eigenvalue weighted by Gasteiger charge is -2.21. The normalized spacial score (nSPS) is 12.4. The molecule has 0 fully saturated rings. The third kappa shape index (κ3) is 4.01. The summed E-state index contributed by atoms with van der Waals surface area (Å²) in [6.07, 6.45) is -2.99. The van der Waals surface area contributed by atoms with Crippen molar-refractivity contribution in [1.82, 2.24) is 4.31 Å². The Kier molecular flexibility index (Phi) is 6.29. The minimum absolute atomic E-state index is 0.0387. The van der Waals surface area contributed by atoms with Crippen LogP contribution in [-0.4, -0.2) is 44.0 Å². The average Bonchev–Trinajstić information content (AvgIpc) is 2.39. The molecular weight excluding hydrogens is 401 g/mol. The van der Waals surface area contributed by atoms with Gasteiger partial charge in [0.05, 0.1) is 28.3 Å². The maximum atomic E-state index is 14.0. The van der Waals surface area contributed by atoms with E-state index in [9.17, 15) is 21.6 Å². The van der Waals surface area contributed by atoms with Gasteiger partial charge in [-0.1, -0.05) is 11.6 Å². The van der Waals surface area contributed by atoms with Crippen LogP contribution in [0.15, 0.2) is 15.4 Å². The van der Waals surface area contributed by atoms with Crippen LogP contribution in [0.4, 0.5) is 18.9 Å². The Morgan fingerprint density at radius 1 is 1.48 bits per heavy atom. The van der Waals surface area contributed by atoms with Gasteiger partial charge in [-0.25, -0.2) is 21.6 Å². The van der Waals surface area contributed by atoms with Gasteiger partial charge in [-0.2, -0.15) is 4.31 Å². The SMILES string of the molecule is Nc1c(F)c(S(=O)(=O)N(CCO)CC(F)F)cc(Cl)c1Br. The molecule has 0 aromatic heterocycles. The minimum atomic E-state index is -4.62. The molecule has 0 radical (unpaired) electrons. The topological polar surface area (TPSA) is 83.6 Å². The van der Waals surface area contributed by atoms with Crippen molar-refractivity contribution >= 4 is 43.2 Å². The van der Waals surface area contributed by atoms with E-state index in [0.29, 0.717) is 0 Å². The molecule has 1 rings (SSSR count). The Morgan fingerprint density at radius 3 is 2.52 bits per heavy atom. The Bertz CT molecular complexity index is 630. The number of hydrogen-bond donors (Lipinski definition) is 2. The fourth-order valence-electron chi connectivity index (χ4n) is 1.50. The van der Waals surface area contributed by atoms with Crippen LogP contribution in [-0.2, 0) is 10.0 Å². The molecule has 0 spiro atoms. The van der Waals surface area contributed by atoms with Crippen molar-refractivity contribution < 1.29 is 26.7 Å². The van der Waals surface area contributed by atoms with Crippen molar-refractivity contribution in [2.24, 2.45) is 0 Å². The van der Waals surface area contributed by atoms with Crippen molar-refractivity contribution in [2.75, 3.05) is 25.4 Å². The fourth-order valence-corrected chi connectivity index (χ4v) is 3.58. The molecule has 11 heteroatoms. The maximum absolute atomic E-state index is 14.0. The lowest BCUT2D eigenvalue weighted by molar-refractivity contribution is 0.113. The van der Waals surface area contributed by atoms with Crippen molar-refractivity contribution in [1.29, 1.82) is 0 Å². The van der Waals surface area contributed by atoms with Gasteiger partial charge >= 0.3 is 0 Å². The third-order valence-electron chi connectivity index (χ3n) is 2.47. The van der Waals surface area contributed by atoms with Crippen molar-refractivity contribution in [2.45, 2.75) is 11.3 Å². The molecule has 0 saturated carbocycles. The molecule has 3 N–H and O–H groups in total. The van der Waals surface area contributed by atoms with Crippen LogP contribution in [0.5, 0.6) is 0 Å². The predicted molar refractivity (Wildman–Crippen MR) is 75.4 cm³/mol. The predicted octanol–water partition coefficient (Wildman–Crippen LogP) is 2.07. The van der Waals surface area contributed by atoms with Gasteiger partial charge in [-0.05, 0) is 22.0 Å². The summed E-state index contributed by atoms with van der Waals surface area (Å²) >= 11 is 8.58. The third-order valence-corrected chi connectivity index (χ3v) is 5.71. The van der Waals surface area contributed by atoms with Gasteiger partial charge in [-0.15, -0.1) is 0 Å². The molecule has 120 valence electrons. The van der Waals surface area contributed by atoms with Crippen LogP contribution in [0.3, 0.4) is 0 Å². The number of nitrogen functional groups attached to an aromatic ring is 1. The Balaban J connectivity index is 3.41. The van der Waals surface area contributed by atoms with Crippen molar-refractivity contribution in [3.8, 4) is 0 Å². The molecule has 0 bridgehead atoms. The zero-order chi connectivity index (χ0) is 16.4. The van der Waals surface area contributed by atoms with Gasteiger partial charge in [0.25, 0.3) is 6.43 Å². The summed E-state index contributed by atoms with van der Waals surface area (Å²) in [4.78, 5) is -0.928. The van der Waals surface area contributed by atoms with Gasteiger partial charge in [0, 0.05) is 6.54 Å². The first-order chi connectivity index (χ1) is 9.62. The molecule has 0 aliphatic heterocycles. The van der Waals surface area contributed by atoms with E-state index in [1.54, 1.807) is 0 Å². The molecule has 0 unspecified atom stereocenters. The Hall–Kier alpha value is -0.550. The minimum Gasteiger partial charge on any atom is -0.395 e. The number of benzene rings is 1. The van der Waals surface area contributed by atoms with E-state index in [-0.39, 0.29) is 13.8 Å². The molecule has 0 heterocycles. The fraction of sp³-hybridized carbons (Fsp3) is 0.400. The molecule has 5 nitrogen and oxygen atoms in total. The van der Waals surface area contributed by atoms with E-state index in [1.807, 2.05) is 0 Å². The summed E-state index contributed by atoms with van der Waals surface area (Å²) in [6.45, 7) is -2.50. The highest BCUT2D eigenvalue weighted by Gasteiger charge is 2.31. The van der Waals surface area contributed by atoms with Crippen LogP contribution in [0.25, 0.3) is 0 Å². The monoisotopic (exact) mass is 410 g/mol. The standard InChI is InChI=1S/C10H11BrClF3N2O3S/c11-8-5(12)3-6(9(15)10(8)16)21(19,20)17(1-2-18)4-7(13)14/h3,7,18H,1-2,4,16H2. The molecule has 21 heavy (non-hydrogen) atoms. The number of sulfonamides is 1. The summed E-state index contributed by atoms with van der Waals surface area (Å²) in [5.74, 6) is -1.30. The first-order valence-electron chi connectivity index (χ1n) is 5.45. The van der Waals surface area contributed by atoms with E-state index in [1.165, 1.54) is 0 Å². The molecule has 1 aromatic carbocycles. The number of nitrogens with two attached hydrogens (primary N) is 1. The molecule has 1 aromatic rings. The van der Waals surface area contributed by atoms with Crippen LogP contribution in [0, 0.1) is 5.82 Å². The van der Waals surface area contributed by atoms with E-state index < -0.39 is 52.5 Å². The summed E-state index contributed by atoms with van der Waals surface area (Å²) in [5.41, 5.74) is 4.82. The number of rotatable bonds is 6. The van der Waals surface area contributed by atoms with Gasteiger partial charge in [0.2, 0.25) is 10.0 Å². The van der Waals surface area contributed by atoms with Gasteiger partial charge in [0.1, 0.15) is 4.90 Å². The molecule has 0 aliphatic rings. The first kappa shape index (κ1) is 18.5. The van der Waals surface area contributed by atoms with E-state index in [4.69, 9.17) is 22.4 Å². The zero-order valence-corrected chi connectivity index (χ0v) is 13.5. The number of hydrogen-bond acceptors (Lipinski definition) is 4. The van der Waals surface area contributed by atoms with Crippen molar-refractivity contribution in [3.05, 3.63) is 21.4 Å². The number of aliphatic hydroxyl groups is 1. The highest BCUT2D eigenvalue weighted by Crippen LogP contribution is 2.35. The molecular formula is C10H11BrClF3N2O3S. The zero-order valence-electron chi connectivity index (χ0n) is 10.4. The lowest BCUT2D eigenvalue weighted by atomic mass is 10.3. The highest BCUT2D eigenvalue weighted by molar-refractivity contribution is 9.10. The first-order valence-corrected chi connectivity index (χ1v) is 8.06. The van der Waals surface area contributed by atoms with Gasteiger partial charge < -0.3 is 10.8 Å². The number of anilines is 1. The lowest BCUT2D eigenvalue weighted by Crippen LogP contribution is -2.37. The van der Waals surface area contributed by atoms with Crippen LogP contribution in [0.2, 0.25) is 5.02 Å². The number of nitrogens with zero attached hydrogens (tertiary/aromatic N) is 1. The van der Waals surface area contributed by atoms with E-state index in [0.717, 1.165) is 6.07 Å². The second kappa shape index (κ2) is 7.14. The van der Waals surface area contributed by atoms with Crippen LogP contribution < -0.4 is 5.73 Å². The molecule has 0 aliphatic carbocycles. The van der Waals surface area contributed by atoms with E-state index in [2.05, 4.69) is 15.9 Å². The van der Waals surface area contributed by atoms with Crippen molar-refractivity contribution in [3.63, 3.8) is 0 Å². The summed E-state index contributed by atoms with van der Waals surface area (Å²) in [7, 11) is -4.62. The molecule has 0 amide bonds. The quantitative estimate of drug-likeness (QED) is 0.554. The number of aliphatic hydroxyl groups excluding tert-OH is 1. The largest absolute Gasteiger partial charge is 0.395 e. The van der Waals surface area contributed by atoms with Crippen LogP contribution >= 0.6 is 27.5 Å². The smallest absolute Gasteiger partial charge is 0.252 e. The average molecular weight is 412 g/mol. The Labute approximate surface area is 132 Å². The molecule has 0 atom stereocenters. The van der Waals surface area contributed by atoms with E-state index >= 15 is 0 Å². The summed E-state index contributed by atoms with van der Waals surface area (Å²) < 4.78 is 63.5.